The van der Waals surface area contributed by atoms with Gasteiger partial charge in [0.1, 0.15) is 11.5 Å². The largest absolute Gasteiger partial charge is 0.383 e. The number of hydrogen-bond donors (Lipinski definition) is 1. The topological polar surface area (TPSA) is 76.1 Å². The van der Waals surface area contributed by atoms with Crippen LogP contribution in [-0.2, 0) is 4.74 Å². The third-order valence-corrected chi connectivity index (χ3v) is 3.64. The highest BCUT2D eigenvalue weighted by Gasteiger charge is 2.05. The summed E-state index contributed by atoms with van der Waals surface area (Å²) in [5, 5.41) is 3.17. The normalized spacial score (nSPS) is 10.5. The lowest BCUT2D eigenvalue weighted by molar-refractivity contribution is 0.206. The Labute approximate surface area is 146 Å². The van der Waals surface area contributed by atoms with Crippen LogP contribution in [0.1, 0.15) is 0 Å². The van der Waals surface area contributed by atoms with Crippen molar-refractivity contribution in [2.24, 2.45) is 0 Å². The molecule has 3 rings (SSSR count). The Morgan fingerprint density at radius 3 is 2.64 bits per heavy atom. The second-order valence-electron chi connectivity index (χ2n) is 5.45. The van der Waals surface area contributed by atoms with E-state index >= 15 is 0 Å². The standard InChI is InChI=1S/C18H20N6O/c1-24(9-10-25-2)14-6-7-17(21-11-14)23-18-13-19-12-16(22-18)15-5-3-4-8-20-15/h3-8,11-13H,9-10H2,1-2H3,(H,21,22,23). The van der Waals surface area contributed by atoms with Crippen LogP contribution >= 0.6 is 0 Å². The van der Waals surface area contributed by atoms with Crippen LogP contribution in [0.4, 0.5) is 17.3 Å². The zero-order valence-corrected chi connectivity index (χ0v) is 14.3. The van der Waals surface area contributed by atoms with Crippen LogP contribution in [0.25, 0.3) is 11.4 Å². The molecule has 0 fully saturated rings. The number of aromatic nitrogens is 4. The molecule has 3 aromatic heterocycles. The number of hydrogen-bond acceptors (Lipinski definition) is 7. The molecule has 0 spiro atoms. The highest BCUT2D eigenvalue weighted by molar-refractivity contribution is 5.59. The van der Waals surface area contributed by atoms with Crippen LogP contribution in [0.15, 0.2) is 55.1 Å². The molecule has 0 amide bonds. The van der Waals surface area contributed by atoms with Crippen molar-refractivity contribution in [2.75, 3.05) is 37.5 Å². The van der Waals surface area contributed by atoms with Crippen molar-refractivity contribution in [3.8, 4) is 11.4 Å². The van der Waals surface area contributed by atoms with Gasteiger partial charge in [0.25, 0.3) is 0 Å². The van der Waals surface area contributed by atoms with Crippen molar-refractivity contribution < 1.29 is 4.74 Å². The Bertz CT molecular complexity index is 794. The first-order valence-corrected chi connectivity index (χ1v) is 7.93. The number of likely N-dealkylation sites (N-methyl/N-ethyl adjacent to an activating group) is 1. The molecule has 3 heterocycles. The third-order valence-electron chi connectivity index (χ3n) is 3.64. The predicted octanol–water partition coefficient (Wildman–Crippen LogP) is 2.76. The van der Waals surface area contributed by atoms with Gasteiger partial charge in [-0.25, -0.2) is 9.97 Å². The predicted molar refractivity (Wildman–Crippen MR) is 97.9 cm³/mol. The highest BCUT2D eigenvalue weighted by atomic mass is 16.5. The molecule has 0 aromatic carbocycles. The number of methoxy groups -OCH3 is 1. The van der Waals surface area contributed by atoms with Gasteiger partial charge < -0.3 is 15.0 Å². The maximum Gasteiger partial charge on any atom is 0.150 e. The number of ether oxygens (including phenoxy) is 1. The second kappa shape index (κ2) is 8.16. The Kier molecular flexibility index (Phi) is 5.48. The van der Waals surface area contributed by atoms with Gasteiger partial charge in [0.05, 0.1) is 36.6 Å². The summed E-state index contributed by atoms with van der Waals surface area (Å²) in [4.78, 5) is 19.6. The zero-order chi connectivity index (χ0) is 17.5. The molecule has 0 saturated heterocycles. The van der Waals surface area contributed by atoms with Crippen LogP contribution < -0.4 is 10.2 Å². The summed E-state index contributed by atoms with van der Waals surface area (Å²) in [6.45, 7) is 1.48. The molecule has 1 N–H and O–H groups in total. The Morgan fingerprint density at radius 2 is 1.92 bits per heavy atom. The summed E-state index contributed by atoms with van der Waals surface area (Å²) >= 11 is 0. The number of pyridine rings is 2. The molecule has 0 bridgehead atoms. The van der Waals surface area contributed by atoms with E-state index < -0.39 is 0 Å². The molecule has 0 aliphatic rings. The van der Waals surface area contributed by atoms with Crippen molar-refractivity contribution >= 4 is 17.3 Å². The average Bonchev–Trinajstić information content (AvgIpc) is 2.67. The molecule has 0 saturated carbocycles. The van der Waals surface area contributed by atoms with Gasteiger partial charge in [-0.15, -0.1) is 0 Å². The van der Waals surface area contributed by atoms with E-state index in [1.807, 2.05) is 43.6 Å². The van der Waals surface area contributed by atoms with Crippen molar-refractivity contribution in [3.05, 3.63) is 55.1 Å². The van der Waals surface area contributed by atoms with Gasteiger partial charge >= 0.3 is 0 Å². The molecule has 0 aliphatic heterocycles. The van der Waals surface area contributed by atoms with Gasteiger partial charge in [-0.2, -0.15) is 0 Å². The molecule has 25 heavy (non-hydrogen) atoms. The van der Waals surface area contributed by atoms with E-state index in [0.29, 0.717) is 23.9 Å². The van der Waals surface area contributed by atoms with Crippen LogP contribution in [0.2, 0.25) is 0 Å². The van der Waals surface area contributed by atoms with Crippen molar-refractivity contribution in [3.63, 3.8) is 0 Å². The molecule has 7 nitrogen and oxygen atoms in total. The van der Waals surface area contributed by atoms with Crippen LogP contribution in [0.3, 0.4) is 0 Å². The first-order valence-electron chi connectivity index (χ1n) is 7.93. The molecule has 7 heteroatoms. The SMILES string of the molecule is COCCN(C)c1ccc(Nc2cncc(-c3ccccn3)n2)nc1. The Morgan fingerprint density at radius 1 is 1.00 bits per heavy atom. The lowest BCUT2D eigenvalue weighted by Crippen LogP contribution is -2.22. The number of anilines is 3. The average molecular weight is 336 g/mol. The fourth-order valence-corrected chi connectivity index (χ4v) is 2.24. The van der Waals surface area contributed by atoms with Gasteiger partial charge in [-0.3, -0.25) is 9.97 Å². The lowest BCUT2D eigenvalue weighted by atomic mass is 10.3. The van der Waals surface area contributed by atoms with Crippen LogP contribution in [0, 0.1) is 0 Å². The smallest absolute Gasteiger partial charge is 0.150 e. The maximum atomic E-state index is 5.09. The fourth-order valence-electron chi connectivity index (χ4n) is 2.24. The summed E-state index contributed by atoms with van der Waals surface area (Å²) < 4.78 is 5.09. The Balaban J connectivity index is 1.70. The van der Waals surface area contributed by atoms with E-state index in [9.17, 15) is 0 Å². The van der Waals surface area contributed by atoms with Crippen LogP contribution in [0.5, 0.6) is 0 Å². The second-order valence-corrected chi connectivity index (χ2v) is 5.45. The molecular formula is C18H20N6O. The van der Waals surface area contributed by atoms with Gasteiger partial charge in [0, 0.05) is 26.9 Å². The third kappa shape index (κ3) is 4.48. The first kappa shape index (κ1) is 16.8. The summed E-state index contributed by atoms with van der Waals surface area (Å²) in [6, 6.07) is 9.60. The molecule has 0 aliphatic carbocycles. The van der Waals surface area contributed by atoms with E-state index in [1.54, 1.807) is 25.7 Å². The fraction of sp³-hybridized carbons (Fsp3) is 0.222. The first-order chi connectivity index (χ1) is 12.3. The quantitative estimate of drug-likeness (QED) is 0.711. The number of nitrogens with one attached hydrogen (secondary N) is 1. The van der Waals surface area contributed by atoms with Crippen molar-refractivity contribution in [1.29, 1.82) is 0 Å². The molecule has 128 valence electrons. The van der Waals surface area contributed by atoms with E-state index in [4.69, 9.17) is 4.74 Å². The number of rotatable bonds is 7. The maximum absolute atomic E-state index is 5.09. The van der Waals surface area contributed by atoms with E-state index in [1.165, 1.54) is 0 Å². The minimum absolute atomic E-state index is 0.621. The van der Waals surface area contributed by atoms with Crippen LogP contribution in [-0.4, -0.2) is 47.2 Å². The van der Waals surface area contributed by atoms with Crippen molar-refractivity contribution in [2.45, 2.75) is 0 Å². The summed E-state index contributed by atoms with van der Waals surface area (Å²) in [5.41, 5.74) is 2.51. The number of nitrogens with zero attached hydrogens (tertiary/aromatic N) is 5. The minimum Gasteiger partial charge on any atom is -0.383 e. The lowest BCUT2D eigenvalue weighted by Gasteiger charge is -2.18. The van der Waals surface area contributed by atoms with Gasteiger partial charge in [-0.1, -0.05) is 6.07 Å². The van der Waals surface area contributed by atoms with E-state index in [0.717, 1.165) is 17.9 Å². The molecule has 0 radical (unpaired) electrons. The van der Waals surface area contributed by atoms with Crippen molar-refractivity contribution in [1.82, 2.24) is 19.9 Å². The van der Waals surface area contributed by atoms with Gasteiger partial charge in [0.15, 0.2) is 5.82 Å². The van der Waals surface area contributed by atoms with E-state index in [2.05, 4.69) is 30.2 Å². The Hall–Kier alpha value is -3.06. The molecule has 0 atom stereocenters. The monoisotopic (exact) mass is 336 g/mol. The molecule has 0 unspecified atom stereocenters. The molecular weight excluding hydrogens is 316 g/mol. The van der Waals surface area contributed by atoms with E-state index in [-0.39, 0.29) is 0 Å². The van der Waals surface area contributed by atoms with Gasteiger partial charge in [-0.05, 0) is 24.3 Å². The highest BCUT2D eigenvalue weighted by Crippen LogP contribution is 2.19. The zero-order valence-electron chi connectivity index (χ0n) is 14.3. The summed E-state index contributed by atoms with van der Waals surface area (Å²) in [7, 11) is 3.70. The minimum atomic E-state index is 0.621. The molecule has 3 aromatic rings. The van der Waals surface area contributed by atoms with Gasteiger partial charge in [0.2, 0.25) is 0 Å². The summed E-state index contributed by atoms with van der Waals surface area (Å²) in [5.74, 6) is 1.33. The summed E-state index contributed by atoms with van der Waals surface area (Å²) in [6.07, 6.45) is 6.90.